The molecular formula is C20H26LiO3P. The Morgan fingerprint density at radius 2 is 1.68 bits per heavy atom. The average molecular weight is 352 g/mol. The number of hydrogen-bond donors (Lipinski definition) is 0. The van der Waals surface area contributed by atoms with Gasteiger partial charge in [0.1, 0.15) is 5.75 Å². The van der Waals surface area contributed by atoms with Crippen molar-refractivity contribution in [1.82, 2.24) is 0 Å². The van der Waals surface area contributed by atoms with Gasteiger partial charge in [-0.15, -0.1) is 0 Å². The molecule has 0 saturated heterocycles. The molecule has 0 radical (unpaired) electrons. The number of Topliss-reactive ketones (excluding diaryl/α,β-unsaturated/α-hetero) is 1. The van der Waals surface area contributed by atoms with Crippen molar-refractivity contribution >= 4 is 19.9 Å². The van der Waals surface area contributed by atoms with E-state index >= 15 is 0 Å². The van der Waals surface area contributed by atoms with E-state index in [-0.39, 0.29) is 26.1 Å². The van der Waals surface area contributed by atoms with Crippen LogP contribution in [0, 0.1) is 20.8 Å². The van der Waals surface area contributed by atoms with Gasteiger partial charge in [-0.3, -0.25) is 4.79 Å². The van der Waals surface area contributed by atoms with Crippen LogP contribution in [0.15, 0.2) is 36.4 Å². The van der Waals surface area contributed by atoms with Crippen LogP contribution in [0.25, 0.3) is 0 Å². The fourth-order valence-electron chi connectivity index (χ4n) is 2.79. The van der Waals surface area contributed by atoms with Gasteiger partial charge in [-0.05, 0) is 75.3 Å². The molecule has 2 aromatic carbocycles. The standard InChI is InChI=1S/C20H25O3P.Li.H/c1-6-22-24-18-9-7-17(8-10-18)23-16(5)20(21)19-14(3)11-13(2)12-15(19)4;;/h7-12,16,24H,6H2,1-5H3;;/q;+1;-1. The zero-order chi connectivity index (χ0) is 17.7. The molecule has 0 bridgehead atoms. The molecule has 5 heteroatoms. The van der Waals surface area contributed by atoms with E-state index in [0.717, 1.165) is 22.0 Å². The Morgan fingerprint density at radius 1 is 1.12 bits per heavy atom. The van der Waals surface area contributed by atoms with Crippen molar-refractivity contribution in [2.45, 2.75) is 40.7 Å². The van der Waals surface area contributed by atoms with E-state index in [4.69, 9.17) is 9.26 Å². The van der Waals surface area contributed by atoms with Gasteiger partial charge in [0.25, 0.3) is 0 Å². The summed E-state index contributed by atoms with van der Waals surface area (Å²) in [6, 6.07) is 11.8. The van der Waals surface area contributed by atoms with Crippen molar-refractivity contribution in [3.63, 3.8) is 0 Å². The molecule has 0 N–H and O–H groups in total. The molecule has 2 unspecified atom stereocenters. The topological polar surface area (TPSA) is 35.5 Å². The summed E-state index contributed by atoms with van der Waals surface area (Å²) in [4.78, 5) is 12.8. The van der Waals surface area contributed by atoms with Crippen LogP contribution >= 0.6 is 8.81 Å². The predicted octanol–water partition coefficient (Wildman–Crippen LogP) is 1.63. The maximum Gasteiger partial charge on any atom is 1.00 e. The summed E-state index contributed by atoms with van der Waals surface area (Å²) < 4.78 is 11.2. The molecule has 0 spiro atoms. The molecule has 0 aliphatic carbocycles. The van der Waals surface area contributed by atoms with Gasteiger partial charge in [0, 0.05) is 21.0 Å². The average Bonchev–Trinajstić information content (AvgIpc) is 2.53. The van der Waals surface area contributed by atoms with Crippen molar-refractivity contribution in [2.75, 3.05) is 6.61 Å². The van der Waals surface area contributed by atoms with Gasteiger partial charge < -0.3 is 10.7 Å². The van der Waals surface area contributed by atoms with Crippen molar-refractivity contribution in [1.29, 1.82) is 0 Å². The quantitative estimate of drug-likeness (QED) is 0.432. The summed E-state index contributed by atoms with van der Waals surface area (Å²) in [5.41, 5.74) is 3.94. The summed E-state index contributed by atoms with van der Waals surface area (Å²) in [5.74, 6) is 0.716. The van der Waals surface area contributed by atoms with Crippen LogP contribution in [0.5, 0.6) is 5.75 Å². The predicted molar refractivity (Wildman–Crippen MR) is 102 cm³/mol. The largest absolute Gasteiger partial charge is 1.00 e. The van der Waals surface area contributed by atoms with Gasteiger partial charge in [0.2, 0.25) is 5.78 Å². The molecule has 2 rings (SSSR count). The van der Waals surface area contributed by atoms with Crippen LogP contribution in [0.4, 0.5) is 0 Å². The molecule has 0 aliphatic rings. The third kappa shape index (κ3) is 5.98. The first-order chi connectivity index (χ1) is 11.4. The van der Waals surface area contributed by atoms with Crippen molar-refractivity contribution < 1.29 is 34.3 Å². The first kappa shape index (κ1) is 21.9. The van der Waals surface area contributed by atoms with E-state index in [0.29, 0.717) is 21.2 Å². The maximum atomic E-state index is 12.8. The zero-order valence-corrected chi connectivity index (χ0v) is 17.0. The maximum absolute atomic E-state index is 12.8. The minimum absolute atomic E-state index is 0. The Bertz CT molecular complexity index is 696. The number of ether oxygens (including phenoxy) is 1. The monoisotopic (exact) mass is 352 g/mol. The van der Waals surface area contributed by atoms with Crippen LogP contribution in [-0.4, -0.2) is 18.5 Å². The number of benzene rings is 2. The number of carbonyl (C=O) groups is 1. The van der Waals surface area contributed by atoms with Gasteiger partial charge in [0.15, 0.2) is 6.10 Å². The summed E-state index contributed by atoms with van der Waals surface area (Å²) in [7, 11) is 0.342. The summed E-state index contributed by atoms with van der Waals surface area (Å²) in [6.07, 6.45) is -0.523. The van der Waals surface area contributed by atoms with Crippen LogP contribution in [0.1, 0.15) is 42.3 Å². The molecule has 0 fully saturated rings. The number of ketones is 1. The molecule has 3 nitrogen and oxygen atoms in total. The van der Waals surface area contributed by atoms with E-state index in [1.807, 2.05) is 64.1 Å². The molecule has 25 heavy (non-hydrogen) atoms. The van der Waals surface area contributed by atoms with Crippen LogP contribution in [0.3, 0.4) is 0 Å². The third-order valence-electron chi connectivity index (χ3n) is 3.79. The van der Waals surface area contributed by atoms with Gasteiger partial charge in [-0.2, -0.15) is 0 Å². The molecule has 0 aliphatic heterocycles. The SMILES string of the molecule is CCOPc1ccc(OC(C)C(=O)c2c(C)cc(C)cc2C)cc1.[H-].[Li+]. The smallest absolute Gasteiger partial charge is 1.00 e. The summed E-state index contributed by atoms with van der Waals surface area (Å²) in [5, 5.41) is 1.12. The number of hydrogen-bond acceptors (Lipinski definition) is 3. The van der Waals surface area contributed by atoms with Crippen LogP contribution in [0.2, 0.25) is 0 Å². The van der Waals surface area contributed by atoms with Gasteiger partial charge in [-0.25, -0.2) is 0 Å². The molecule has 0 amide bonds. The van der Waals surface area contributed by atoms with Gasteiger partial charge in [-0.1, -0.05) is 17.7 Å². The molecule has 0 heterocycles. The van der Waals surface area contributed by atoms with Crippen molar-refractivity contribution in [3.8, 4) is 5.75 Å². The molecule has 0 saturated carbocycles. The Balaban J connectivity index is 0.00000312. The van der Waals surface area contributed by atoms with E-state index in [1.54, 1.807) is 6.92 Å². The zero-order valence-electron chi connectivity index (χ0n) is 17.0. The van der Waals surface area contributed by atoms with Crippen molar-refractivity contribution in [2.24, 2.45) is 0 Å². The minimum Gasteiger partial charge on any atom is -1.00 e. The molecule has 0 aromatic heterocycles. The number of aryl methyl sites for hydroxylation is 3. The van der Waals surface area contributed by atoms with E-state index in [9.17, 15) is 4.79 Å². The summed E-state index contributed by atoms with van der Waals surface area (Å²) >= 11 is 0. The van der Waals surface area contributed by atoms with Gasteiger partial charge in [0.05, 0.1) is 0 Å². The Labute approximate surface area is 166 Å². The molecule has 130 valence electrons. The molecule has 2 aromatic rings. The first-order valence-electron chi connectivity index (χ1n) is 8.19. The number of rotatable bonds is 7. The van der Waals surface area contributed by atoms with E-state index in [2.05, 4.69) is 0 Å². The summed E-state index contributed by atoms with van der Waals surface area (Å²) in [6.45, 7) is 10.5. The second kappa shape index (κ2) is 10.1. The Hall–Kier alpha value is -1.10. The Kier molecular flexibility index (Phi) is 8.90. The normalized spacial score (nSPS) is 12.0. The fraction of sp³-hybridized carbons (Fsp3) is 0.350. The minimum atomic E-state index is -0.523. The first-order valence-corrected chi connectivity index (χ1v) is 9.09. The van der Waals surface area contributed by atoms with Crippen LogP contribution in [-0.2, 0) is 4.52 Å². The Morgan fingerprint density at radius 3 is 2.20 bits per heavy atom. The van der Waals surface area contributed by atoms with Gasteiger partial charge >= 0.3 is 18.9 Å². The fourth-order valence-corrected chi connectivity index (χ4v) is 3.40. The van der Waals surface area contributed by atoms with Crippen molar-refractivity contribution in [3.05, 3.63) is 58.7 Å². The number of carbonyl (C=O) groups excluding carboxylic acids is 1. The van der Waals surface area contributed by atoms with E-state index < -0.39 is 6.10 Å². The van der Waals surface area contributed by atoms with Crippen LogP contribution < -0.4 is 28.9 Å². The third-order valence-corrected chi connectivity index (χ3v) is 4.80. The molecule has 2 atom stereocenters. The molecular weight excluding hydrogens is 326 g/mol. The van der Waals surface area contributed by atoms with E-state index in [1.165, 1.54) is 5.56 Å². The second-order valence-electron chi connectivity index (χ2n) is 5.96. The second-order valence-corrected chi connectivity index (χ2v) is 7.03.